The van der Waals surface area contributed by atoms with Crippen LogP contribution in [0.4, 0.5) is 5.69 Å². The summed E-state index contributed by atoms with van der Waals surface area (Å²) in [5.41, 5.74) is 3.55. The van der Waals surface area contributed by atoms with E-state index in [1.807, 2.05) is 61.5 Å². The number of carbonyl (C=O) groups is 1. The largest absolute Gasteiger partial charge is 0.481 e. The van der Waals surface area contributed by atoms with Crippen molar-refractivity contribution in [2.45, 2.75) is 33.1 Å². The number of nitrogens with zero attached hydrogens (tertiary/aromatic N) is 1. The Morgan fingerprint density at radius 3 is 2.58 bits per heavy atom. The zero-order chi connectivity index (χ0) is 18.7. The van der Waals surface area contributed by atoms with Gasteiger partial charge in [0.05, 0.1) is 0 Å². The number of anilines is 1. The maximum atomic E-state index is 12.4. The number of fused-ring (bicyclic) bond motifs is 1. The minimum Gasteiger partial charge on any atom is -0.481 e. The van der Waals surface area contributed by atoms with Gasteiger partial charge >= 0.3 is 0 Å². The lowest BCUT2D eigenvalue weighted by Gasteiger charge is -2.23. The average Bonchev–Trinajstić information content (AvgIpc) is 2.59. The second-order valence-electron chi connectivity index (χ2n) is 7.41. The molecule has 0 spiro atoms. The fraction of sp³-hybridized carbons (Fsp3) is 0.273. The molecular formula is C22H24N2O2. The van der Waals surface area contributed by atoms with Crippen LogP contribution in [0.25, 0.3) is 10.9 Å². The average molecular weight is 348 g/mol. The van der Waals surface area contributed by atoms with E-state index in [4.69, 9.17) is 4.74 Å². The van der Waals surface area contributed by atoms with Gasteiger partial charge in [-0.3, -0.25) is 4.79 Å². The number of aryl methyl sites for hydroxylation is 1. The Hall–Kier alpha value is -2.88. The molecule has 1 N–H and O–H groups in total. The van der Waals surface area contributed by atoms with E-state index in [1.165, 1.54) is 0 Å². The maximum absolute atomic E-state index is 12.4. The highest BCUT2D eigenvalue weighted by molar-refractivity contribution is 5.93. The summed E-state index contributed by atoms with van der Waals surface area (Å²) >= 11 is 0. The fourth-order valence-corrected chi connectivity index (χ4v) is 2.91. The Bertz CT molecular complexity index is 942. The number of para-hydroxylation sites is 2. The van der Waals surface area contributed by atoms with Gasteiger partial charge in [-0.25, -0.2) is 4.98 Å². The number of hydrogen-bond donors (Lipinski definition) is 1. The third kappa shape index (κ3) is 4.02. The Morgan fingerprint density at radius 1 is 1.04 bits per heavy atom. The summed E-state index contributed by atoms with van der Waals surface area (Å²) in [7, 11) is 0. The number of nitrogens with one attached hydrogen (secondary N) is 1. The molecule has 0 radical (unpaired) electrons. The lowest BCUT2D eigenvalue weighted by molar-refractivity contribution is -0.118. The number of benzene rings is 2. The van der Waals surface area contributed by atoms with Gasteiger partial charge in [0.2, 0.25) is 0 Å². The standard InChI is InChI=1S/C22H24N2O2/c1-15-12-13-16-8-7-11-19(21(16)23-15)26-14-20(25)24-18-10-6-5-9-17(18)22(2,3)4/h5-13H,14H2,1-4H3,(H,24,25). The lowest BCUT2D eigenvalue weighted by atomic mass is 9.86. The van der Waals surface area contributed by atoms with Crippen LogP contribution in [0.1, 0.15) is 32.0 Å². The summed E-state index contributed by atoms with van der Waals surface area (Å²) in [5, 5.41) is 3.95. The molecule has 0 saturated heterocycles. The van der Waals surface area contributed by atoms with Crippen molar-refractivity contribution in [2.75, 3.05) is 11.9 Å². The van der Waals surface area contributed by atoms with Crippen molar-refractivity contribution in [3.8, 4) is 5.75 Å². The van der Waals surface area contributed by atoms with Crippen molar-refractivity contribution >= 4 is 22.5 Å². The first-order valence-corrected chi connectivity index (χ1v) is 8.73. The third-order valence-corrected chi connectivity index (χ3v) is 4.19. The second-order valence-corrected chi connectivity index (χ2v) is 7.41. The highest BCUT2D eigenvalue weighted by atomic mass is 16.5. The molecule has 0 unspecified atom stereocenters. The van der Waals surface area contributed by atoms with E-state index >= 15 is 0 Å². The van der Waals surface area contributed by atoms with E-state index in [1.54, 1.807) is 0 Å². The van der Waals surface area contributed by atoms with Gasteiger partial charge in [-0.2, -0.15) is 0 Å². The van der Waals surface area contributed by atoms with Crippen molar-refractivity contribution < 1.29 is 9.53 Å². The van der Waals surface area contributed by atoms with Crippen molar-refractivity contribution in [1.82, 2.24) is 4.98 Å². The summed E-state index contributed by atoms with van der Waals surface area (Å²) in [6, 6.07) is 17.5. The molecule has 3 aromatic rings. The predicted molar refractivity (Wildman–Crippen MR) is 106 cm³/mol. The van der Waals surface area contributed by atoms with E-state index in [9.17, 15) is 4.79 Å². The third-order valence-electron chi connectivity index (χ3n) is 4.19. The van der Waals surface area contributed by atoms with Crippen molar-refractivity contribution in [3.05, 3.63) is 65.9 Å². The van der Waals surface area contributed by atoms with Crippen LogP contribution in [0, 0.1) is 6.92 Å². The molecule has 0 aliphatic heterocycles. The maximum Gasteiger partial charge on any atom is 0.262 e. The molecule has 1 amide bonds. The van der Waals surface area contributed by atoms with Crippen LogP contribution >= 0.6 is 0 Å². The molecular weight excluding hydrogens is 324 g/mol. The zero-order valence-electron chi connectivity index (χ0n) is 15.7. The molecule has 0 aliphatic rings. The normalized spacial score (nSPS) is 11.4. The van der Waals surface area contributed by atoms with E-state index in [0.717, 1.165) is 27.8 Å². The van der Waals surface area contributed by atoms with Crippen LogP contribution in [-0.4, -0.2) is 17.5 Å². The molecule has 0 saturated carbocycles. The molecule has 0 atom stereocenters. The van der Waals surface area contributed by atoms with Crippen LogP contribution in [0.15, 0.2) is 54.6 Å². The molecule has 4 heteroatoms. The zero-order valence-corrected chi connectivity index (χ0v) is 15.7. The molecule has 134 valence electrons. The first kappa shape index (κ1) is 17.9. The Balaban J connectivity index is 1.74. The van der Waals surface area contributed by atoms with Crippen molar-refractivity contribution in [2.24, 2.45) is 0 Å². The van der Waals surface area contributed by atoms with Crippen LogP contribution in [0.3, 0.4) is 0 Å². The van der Waals surface area contributed by atoms with E-state index in [0.29, 0.717) is 5.75 Å². The van der Waals surface area contributed by atoms with E-state index in [-0.39, 0.29) is 17.9 Å². The number of pyridine rings is 1. The Kier molecular flexibility index (Phi) is 4.94. The minimum absolute atomic E-state index is 0.0538. The first-order valence-electron chi connectivity index (χ1n) is 8.73. The van der Waals surface area contributed by atoms with Crippen molar-refractivity contribution in [1.29, 1.82) is 0 Å². The fourth-order valence-electron chi connectivity index (χ4n) is 2.91. The summed E-state index contributed by atoms with van der Waals surface area (Å²) in [6.07, 6.45) is 0. The molecule has 2 aromatic carbocycles. The highest BCUT2D eigenvalue weighted by Gasteiger charge is 2.18. The summed E-state index contributed by atoms with van der Waals surface area (Å²) in [4.78, 5) is 16.9. The molecule has 26 heavy (non-hydrogen) atoms. The van der Waals surface area contributed by atoms with Gasteiger partial charge < -0.3 is 10.1 Å². The molecule has 0 bridgehead atoms. The quantitative estimate of drug-likeness (QED) is 0.733. The SMILES string of the molecule is Cc1ccc2cccc(OCC(=O)Nc3ccccc3C(C)(C)C)c2n1. The molecule has 4 nitrogen and oxygen atoms in total. The molecule has 0 fully saturated rings. The smallest absolute Gasteiger partial charge is 0.262 e. The minimum atomic E-state index is -0.189. The molecule has 3 rings (SSSR count). The van der Waals surface area contributed by atoms with Crippen LogP contribution < -0.4 is 10.1 Å². The van der Waals surface area contributed by atoms with Gasteiger partial charge in [0.1, 0.15) is 11.3 Å². The number of amides is 1. The Labute approximate surface area is 154 Å². The van der Waals surface area contributed by atoms with Crippen LogP contribution in [0.2, 0.25) is 0 Å². The monoisotopic (exact) mass is 348 g/mol. The number of rotatable bonds is 4. The lowest BCUT2D eigenvalue weighted by Crippen LogP contribution is -2.23. The van der Waals surface area contributed by atoms with Crippen LogP contribution in [0.5, 0.6) is 5.75 Å². The van der Waals surface area contributed by atoms with Crippen LogP contribution in [-0.2, 0) is 10.2 Å². The van der Waals surface area contributed by atoms with Gasteiger partial charge in [-0.1, -0.05) is 57.2 Å². The number of aromatic nitrogens is 1. The Morgan fingerprint density at radius 2 is 1.81 bits per heavy atom. The number of carbonyl (C=O) groups excluding carboxylic acids is 1. The first-order chi connectivity index (χ1) is 12.3. The number of hydrogen-bond acceptors (Lipinski definition) is 3. The second kappa shape index (κ2) is 7.16. The predicted octanol–water partition coefficient (Wildman–Crippen LogP) is 4.86. The summed E-state index contributed by atoms with van der Waals surface area (Å²) in [6.45, 7) is 8.25. The number of ether oxygens (including phenoxy) is 1. The van der Waals surface area contributed by atoms with Gasteiger partial charge in [-0.05, 0) is 36.1 Å². The summed E-state index contributed by atoms with van der Waals surface area (Å²) < 4.78 is 5.76. The van der Waals surface area contributed by atoms with Crippen molar-refractivity contribution in [3.63, 3.8) is 0 Å². The summed E-state index contributed by atoms with van der Waals surface area (Å²) in [5.74, 6) is 0.428. The van der Waals surface area contributed by atoms with Gasteiger partial charge in [-0.15, -0.1) is 0 Å². The van der Waals surface area contributed by atoms with E-state index < -0.39 is 0 Å². The van der Waals surface area contributed by atoms with Gasteiger partial charge in [0.25, 0.3) is 5.91 Å². The molecule has 0 aliphatic carbocycles. The van der Waals surface area contributed by atoms with Gasteiger partial charge in [0.15, 0.2) is 6.61 Å². The topological polar surface area (TPSA) is 51.2 Å². The molecule has 1 aromatic heterocycles. The van der Waals surface area contributed by atoms with Gasteiger partial charge in [0, 0.05) is 16.8 Å². The highest BCUT2D eigenvalue weighted by Crippen LogP contribution is 2.29. The molecule has 1 heterocycles. The van der Waals surface area contributed by atoms with E-state index in [2.05, 4.69) is 31.1 Å².